The summed E-state index contributed by atoms with van der Waals surface area (Å²) in [6, 6.07) is 9.58. The summed E-state index contributed by atoms with van der Waals surface area (Å²) >= 11 is 2.44. The summed E-state index contributed by atoms with van der Waals surface area (Å²) in [6.45, 7) is 1.84. The summed E-state index contributed by atoms with van der Waals surface area (Å²) in [7, 11) is 0. The van der Waals surface area contributed by atoms with Gasteiger partial charge in [-0.3, -0.25) is 4.79 Å². The molecule has 1 aromatic carbocycles. The van der Waals surface area contributed by atoms with Crippen molar-refractivity contribution >= 4 is 28.5 Å². The van der Waals surface area contributed by atoms with E-state index < -0.39 is 0 Å². The molecule has 2 rings (SSSR count). The monoisotopic (exact) mass is 329 g/mol. The Kier molecular flexibility index (Phi) is 4.21. The Balaban J connectivity index is 1.97. The average molecular weight is 329 g/mol. The zero-order valence-corrected chi connectivity index (χ0v) is 11.4. The van der Waals surface area contributed by atoms with E-state index in [0.29, 0.717) is 0 Å². The second-order valence-corrected chi connectivity index (χ2v) is 5.14. The Bertz CT molecular complexity index is 344. The highest BCUT2D eigenvalue weighted by Gasteiger charge is 2.22. The number of benzene rings is 1. The van der Waals surface area contributed by atoms with Gasteiger partial charge >= 0.3 is 0 Å². The van der Waals surface area contributed by atoms with E-state index in [0.717, 1.165) is 37.4 Å². The molecule has 0 atom stereocenters. The third-order valence-corrected chi connectivity index (χ3v) is 4.39. The molecule has 0 bridgehead atoms. The van der Waals surface area contributed by atoms with Crippen LogP contribution in [-0.4, -0.2) is 28.3 Å². The van der Waals surface area contributed by atoms with Gasteiger partial charge in [-0.05, 0) is 30.9 Å². The van der Waals surface area contributed by atoms with Gasteiger partial charge in [0.25, 0.3) is 5.91 Å². The van der Waals surface area contributed by atoms with Crippen LogP contribution >= 0.6 is 22.6 Å². The van der Waals surface area contributed by atoms with E-state index >= 15 is 0 Å². The first-order valence-electron chi connectivity index (χ1n) is 5.71. The number of carbonyl (C=O) groups excluding carboxylic acids is 1. The Morgan fingerprint density at radius 2 is 1.88 bits per heavy atom. The average Bonchev–Trinajstić information content (AvgIpc) is 2.39. The number of alkyl halides is 1. The number of halogens is 1. The molecule has 0 N–H and O–H groups in total. The molecule has 0 aliphatic carbocycles. The minimum atomic E-state index is 0.188. The van der Waals surface area contributed by atoms with Crippen molar-refractivity contribution in [3.05, 3.63) is 35.9 Å². The van der Waals surface area contributed by atoms with Crippen LogP contribution in [0.4, 0.5) is 0 Å². The summed E-state index contributed by atoms with van der Waals surface area (Å²) < 4.78 is 1.21. The second kappa shape index (κ2) is 5.66. The van der Waals surface area contributed by atoms with E-state index in [4.69, 9.17) is 0 Å². The molecule has 1 aliphatic rings. The van der Waals surface area contributed by atoms with Crippen molar-refractivity contribution in [1.29, 1.82) is 0 Å². The molecule has 86 valence electrons. The first-order chi connectivity index (χ1) is 7.81. The first kappa shape index (κ1) is 11.9. The highest BCUT2D eigenvalue weighted by molar-refractivity contribution is 14.1. The van der Waals surface area contributed by atoms with Crippen molar-refractivity contribution in [2.75, 3.05) is 17.5 Å². The fourth-order valence-electron chi connectivity index (χ4n) is 2.05. The van der Waals surface area contributed by atoms with E-state index in [9.17, 15) is 4.79 Å². The molecule has 0 aromatic heterocycles. The molecule has 1 fully saturated rings. The lowest BCUT2D eigenvalue weighted by atomic mass is 9.98. The smallest absolute Gasteiger partial charge is 0.253 e. The van der Waals surface area contributed by atoms with Gasteiger partial charge in [-0.1, -0.05) is 40.8 Å². The second-order valence-electron chi connectivity index (χ2n) is 4.26. The predicted molar refractivity (Wildman–Crippen MR) is 74.0 cm³/mol. The van der Waals surface area contributed by atoms with E-state index in [-0.39, 0.29) is 5.91 Å². The fraction of sp³-hybridized carbons (Fsp3) is 0.462. The van der Waals surface area contributed by atoms with Crippen molar-refractivity contribution in [2.24, 2.45) is 5.92 Å². The number of piperidine rings is 1. The largest absolute Gasteiger partial charge is 0.339 e. The van der Waals surface area contributed by atoms with Crippen LogP contribution in [0.5, 0.6) is 0 Å². The van der Waals surface area contributed by atoms with Crippen LogP contribution in [0.3, 0.4) is 0 Å². The summed E-state index contributed by atoms with van der Waals surface area (Å²) in [5, 5.41) is 0. The molecule has 1 aliphatic heterocycles. The molecule has 1 heterocycles. The molecule has 3 heteroatoms. The molecular weight excluding hydrogens is 313 g/mol. The van der Waals surface area contributed by atoms with Crippen LogP contribution in [0, 0.1) is 5.92 Å². The van der Waals surface area contributed by atoms with Crippen molar-refractivity contribution in [3.8, 4) is 0 Å². The van der Waals surface area contributed by atoms with E-state index in [1.165, 1.54) is 4.43 Å². The Labute approximate surface area is 110 Å². The van der Waals surface area contributed by atoms with Gasteiger partial charge in [-0.2, -0.15) is 0 Å². The van der Waals surface area contributed by atoms with E-state index in [1.807, 2.05) is 35.2 Å². The number of hydrogen-bond acceptors (Lipinski definition) is 1. The number of nitrogens with zero attached hydrogens (tertiary/aromatic N) is 1. The van der Waals surface area contributed by atoms with Gasteiger partial charge in [-0.25, -0.2) is 0 Å². The van der Waals surface area contributed by atoms with Crippen LogP contribution in [0.25, 0.3) is 0 Å². The first-order valence-corrected chi connectivity index (χ1v) is 7.24. The quantitative estimate of drug-likeness (QED) is 0.603. The van der Waals surface area contributed by atoms with E-state index in [1.54, 1.807) is 0 Å². The van der Waals surface area contributed by atoms with Crippen LogP contribution < -0.4 is 0 Å². The summed E-state index contributed by atoms with van der Waals surface area (Å²) in [4.78, 5) is 14.1. The molecule has 2 nitrogen and oxygen atoms in total. The summed E-state index contributed by atoms with van der Waals surface area (Å²) in [6.07, 6.45) is 2.31. The Hall–Kier alpha value is -0.580. The maximum atomic E-state index is 12.1. The highest BCUT2D eigenvalue weighted by Crippen LogP contribution is 2.20. The number of rotatable bonds is 2. The standard InChI is InChI=1S/C13H16INO/c14-10-11-6-8-15(9-7-11)13(16)12-4-2-1-3-5-12/h1-5,11H,6-10H2. The van der Waals surface area contributed by atoms with Gasteiger partial charge in [0.2, 0.25) is 0 Å². The summed E-state index contributed by atoms with van der Waals surface area (Å²) in [5.41, 5.74) is 0.815. The molecule has 1 saturated heterocycles. The summed E-state index contributed by atoms with van der Waals surface area (Å²) in [5.74, 6) is 0.993. The van der Waals surface area contributed by atoms with Gasteiger partial charge in [0, 0.05) is 23.1 Å². The van der Waals surface area contributed by atoms with Crippen molar-refractivity contribution in [1.82, 2.24) is 4.90 Å². The molecule has 16 heavy (non-hydrogen) atoms. The molecule has 0 saturated carbocycles. The van der Waals surface area contributed by atoms with Gasteiger partial charge in [0.15, 0.2) is 0 Å². The number of carbonyl (C=O) groups is 1. The Morgan fingerprint density at radius 1 is 1.25 bits per heavy atom. The maximum Gasteiger partial charge on any atom is 0.253 e. The minimum Gasteiger partial charge on any atom is -0.339 e. The molecule has 0 unspecified atom stereocenters. The van der Waals surface area contributed by atoms with Gasteiger partial charge in [0.1, 0.15) is 0 Å². The molecule has 0 radical (unpaired) electrons. The van der Waals surface area contributed by atoms with Gasteiger partial charge in [0.05, 0.1) is 0 Å². The molecular formula is C13H16INO. The van der Waals surface area contributed by atoms with Crippen molar-refractivity contribution < 1.29 is 4.79 Å². The lowest BCUT2D eigenvalue weighted by Gasteiger charge is -2.31. The number of amides is 1. The number of likely N-dealkylation sites (tertiary alicyclic amines) is 1. The normalized spacial score (nSPS) is 17.4. The van der Waals surface area contributed by atoms with E-state index in [2.05, 4.69) is 22.6 Å². The molecule has 0 spiro atoms. The fourth-order valence-corrected chi connectivity index (χ4v) is 2.93. The van der Waals surface area contributed by atoms with Crippen LogP contribution in [0.1, 0.15) is 23.2 Å². The highest BCUT2D eigenvalue weighted by atomic mass is 127. The zero-order chi connectivity index (χ0) is 11.4. The van der Waals surface area contributed by atoms with Gasteiger partial charge in [-0.15, -0.1) is 0 Å². The maximum absolute atomic E-state index is 12.1. The third kappa shape index (κ3) is 2.75. The molecule has 1 aromatic rings. The molecule has 1 amide bonds. The topological polar surface area (TPSA) is 20.3 Å². The van der Waals surface area contributed by atoms with Crippen molar-refractivity contribution in [3.63, 3.8) is 0 Å². The third-order valence-electron chi connectivity index (χ3n) is 3.14. The predicted octanol–water partition coefficient (Wildman–Crippen LogP) is 2.97. The van der Waals surface area contributed by atoms with Crippen LogP contribution in [0.2, 0.25) is 0 Å². The Morgan fingerprint density at radius 3 is 2.44 bits per heavy atom. The van der Waals surface area contributed by atoms with Crippen LogP contribution in [-0.2, 0) is 0 Å². The lowest BCUT2D eigenvalue weighted by Crippen LogP contribution is -2.38. The SMILES string of the molecule is O=C(c1ccccc1)N1CCC(CI)CC1. The van der Waals surface area contributed by atoms with Gasteiger partial charge < -0.3 is 4.90 Å². The number of hydrogen-bond donors (Lipinski definition) is 0. The van der Waals surface area contributed by atoms with Crippen LogP contribution in [0.15, 0.2) is 30.3 Å². The minimum absolute atomic E-state index is 0.188. The zero-order valence-electron chi connectivity index (χ0n) is 9.23. The van der Waals surface area contributed by atoms with Crippen molar-refractivity contribution in [2.45, 2.75) is 12.8 Å². The lowest BCUT2D eigenvalue weighted by molar-refractivity contribution is 0.0699.